The van der Waals surface area contributed by atoms with E-state index in [-0.39, 0.29) is 49.3 Å². The zero-order valence-corrected chi connectivity index (χ0v) is 19.5. The van der Waals surface area contributed by atoms with Gasteiger partial charge in [0.05, 0.1) is 38.0 Å². The Morgan fingerprint density at radius 2 is 1.97 bits per heavy atom. The molecule has 0 atom stereocenters. The summed E-state index contributed by atoms with van der Waals surface area (Å²) in [4.78, 5) is 17.4. The molecule has 0 spiro atoms. The van der Waals surface area contributed by atoms with Gasteiger partial charge in [-0.25, -0.2) is 13.4 Å². The lowest BCUT2D eigenvalue weighted by molar-refractivity contribution is -0.116. The summed E-state index contributed by atoms with van der Waals surface area (Å²) in [5.41, 5.74) is 1.79. The van der Waals surface area contributed by atoms with Crippen molar-refractivity contribution in [2.45, 2.75) is 11.4 Å². The van der Waals surface area contributed by atoms with Crippen LogP contribution < -0.4 is 15.4 Å². The highest BCUT2D eigenvalue weighted by molar-refractivity contribution is 7.89. The van der Waals surface area contributed by atoms with Gasteiger partial charge in [0.15, 0.2) is 0 Å². The maximum absolute atomic E-state index is 13.2. The molecule has 4 rings (SSSR count). The van der Waals surface area contributed by atoms with Crippen LogP contribution >= 0.6 is 0 Å². The van der Waals surface area contributed by atoms with Crippen LogP contribution in [-0.4, -0.2) is 79.9 Å². The summed E-state index contributed by atoms with van der Waals surface area (Å²) in [5, 5.41) is 14.9. The van der Waals surface area contributed by atoms with Crippen LogP contribution in [0.3, 0.4) is 0 Å². The van der Waals surface area contributed by atoms with Crippen molar-refractivity contribution in [2.24, 2.45) is 0 Å². The molecule has 34 heavy (non-hydrogen) atoms. The van der Waals surface area contributed by atoms with Crippen LogP contribution in [0.1, 0.15) is 0 Å². The second kappa shape index (κ2) is 10.4. The van der Waals surface area contributed by atoms with Gasteiger partial charge in [-0.3, -0.25) is 4.79 Å². The lowest BCUT2D eigenvalue weighted by Gasteiger charge is -2.26. The monoisotopic (exact) mass is 489 g/mol. The third-order valence-corrected chi connectivity index (χ3v) is 7.31. The number of hydrogen-bond acceptors (Lipinski definition) is 8. The second-order valence-corrected chi connectivity index (χ2v) is 9.50. The molecule has 0 saturated carbocycles. The number of hydrogen-bond donors (Lipinski definition) is 3. The first-order valence-electron chi connectivity index (χ1n) is 10.8. The number of aliphatic hydroxyl groups is 1. The van der Waals surface area contributed by atoms with Crippen LogP contribution in [0.25, 0.3) is 11.0 Å². The minimum atomic E-state index is -3.83. The van der Waals surface area contributed by atoms with Gasteiger partial charge in [-0.15, -0.1) is 0 Å². The maximum Gasteiger partial charge on any atom is 0.246 e. The fraction of sp³-hybridized carbons (Fsp3) is 0.364. The molecule has 2 heterocycles. The summed E-state index contributed by atoms with van der Waals surface area (Å²) < 4.78 is 40.0. The normalized spacial score (nSPS) is 14.8. The third-order valence-electron chi connectivity index (χ3n) is 5.39. The summed E-state index contributed by atoms with van der Waals surface area (Å²) in [6.07, 6.45) is 0. The van der Waals surface area contributed by atoms with Gasteiger partial charge in [0, 0.05) is 25.3 Å². The SMILES string of the molecule is COc1ccc(NC(=O)Cn2c(NCCO)nc3ccccc32)cc1S(=O)(=O)N1CCOCC1. The molecule has 2 aromatic carbocycles. The lowest BCUT2D eigenvalue weighted by atomic mass is 10.3. The highest BCUT2D eigenvalue weighted by atomic mass is 32.2. The number of imidazole rings is 1. The third kappa shape index (κ3) is 4.99. The molecule has 1 aromatic heterocycles. The Morgan fingerprint density at radius 1 is 1.21 bits per heavy atom. The number of fused-ring (bicyclic) bond motifs is 1. The number of aliphatic hydroxyl groups excluding tert-OH is 1. The summed E-state index contributed by atoms with van der Waals surface area (Å²) in [5.74, 6) is 0.284. The lowest BCUT2D eigenvalue weighted by Crippen LogP contribution is -2.40. The van der Waals surface area contributed by atoms with Crippen molar-refractivity contribution in [3.63, 3.8) is 0 Å². The molecule has 1 fully saturated rings. The molecular weight excluding hydrogens is 462 g/mol. The van der Waals surface area contributed by atoms with Gasteiger partial charge in [0.2, 0.25) is 21.9 Å². The Balaban J connectivity index is 1.58. The van der Waals surface area contributed by atoms with Crippen LogP contribution in [0.4, 0.5) is 11.6 Å². The van der Waals surface area contributed by atoms with Gasteiger partial charge in [0.1, 0.15) is 17.2 Å². The molecule has 1 amide bonds. The Hall–Kier alpha value is -3.19. The number of nitrogens with one attached hydrogen (secondary N) is 2. The number of benzene rings is 2. The number of aromatic nitrogens is 2. The molecule has 3 N–H and O–H groups in total. The molecule has 0 bridgehead atoms. The smallest absolute Gasteiger partial charge is 0.246 e. The number of nitrogens with zero attached hydrogens (tertiary/aromatic N) is 3. The zero-order valence-electron chi connectivity index (χ0n) is 18.7. The van der Waals surface area contributed by atoms with Gasteiger partial charge in [-0.2, -0.15) is 4.31 Å². The molecule has 0 aliphatic carbocycles. The number of ether oxygens (including phenoxy) is 2. The highest BCUT2D eigenvalue weighted by Gasteiger charge is 2.29. The highest BCUT2D eigenvalue weighted by Crippen LogP contribution is 2.30. The van der Waals surface area contributed by atoms with Crippen LogP contribution in [0, 0.1) is 0 Å². The number of amides is 1. The van der Waals surface area contributed by atoms with Crippen molar-refractivity contribution in [1.29, 1.82) is 0 Å². The molecule has 1 aliphatic rings. The van der Waals surface area contributed by atoms with Crippen molar-refractivity contribution in [3.8, 4) is 5.75 Å². The van der Waals surface area contributed by atoms with E-state index in [2.05, 4.69) is 15.6 Å². The largest absolute Gasteiger partial charge is 0.495 e. The minimum absolute atomic E-state index is 0.0203. The number of anilines is 2. The fourth-order valence-electron chi connectivity index (χ4n) is 3.76. The quantitative estimate of drug-likeness (QED) is 0.407. The van der Waals surface area contributed by atoms with Crippen LogP contribution in [-0.2, 0) is 26.1 Å². The molecule has 0 unspecified atom stereocenters. The Bertz CT molecular complexity index is 1270. The van der Waals surface area contributed by atoms with Crippen molar-refractivity contribution in [3.05, 3.63) is 42.5 Å². The Labute approximate surface area is 197 Å². The van der Waals surface area contributed by atoms with Crippen molar-refractivity contribution >= 4 is 38.6 Å². The Kier molecular flexibility index (Phi) is 7.32. The summed E-state index contributed by atoms with van der Waals surface area (Å²) in [7, 11) is -2.43. The fourth-order valence-corrected chi connectivity index (χ4v) is 5.35. The van der Waals surface area contributed by atoms with E-state index >= 15 is 0 Å². The standard InChI is InChI=1S/C22H27N5O6S/c1-32-19-7-6-16(14-20(19)34(30,31)26-9-12-33-13-10-26)24-21(29)15-27-18-5-3-2-4-17(18)25-22(27)23-8-11-28/h2-7,14,28H,8-13,15H2,1H3,(H,23,25)(H,24,29). The van der Waals surface area contributed by atoms with E-state index in [1.54, 1.807) is 10.6 Å². The first-order valence-corrected chi connectivity index (χ1v) is 12.2. The summed E-state index contributed by atoms with van der Waals surface area (Å²) >= 11 is 0. The average Bonchev–Trinajstić information content (AvgIpc) is 3.20. The molecule has 12 heteroatoms. The predicted molar refractivity (Wildman–Crippen MR) is 127 cm³/mol. The number of carbonyl (C=O) groups is 1. The number of carbonyl (C=O) groups excluding carboxylic acids is 1. The molecule has 11 nitrogen and oxygen atoms in total. The number of sulfonamides is 1. The molecule has 0 radical (unpaired) electrons. The van der Waals surface area contributed by atoms with Crippen molar-refractivity contribution < 1.29 is 27.8 Å². The van der Waals surface area contributed by atoms with E-state index in [1.807, 2.05) is 24.3 Å². The van der Waals surface area contributed by atoms with Gasteiger partial charge in [0.25, 0.3) is 0 Å². The average molecular weight is 490 g/mol. The molecule has 1 aliphatic heterocycles. The van der Waals surface area contributed by atoms with Crippen molar-refractivity contribution in [2.75, 3.05) is 57.2 Å². The molecule has 182 valence electrons. The first-order chi connectivity index (χ1) is 16.4. The van der Waals surface area contributed by atoms with Gasteiger partial charge >= 0.3 is 0 Å². The van der Waals surface area contributed by atoms with E-state index in [9.17, 15) is 13.2 Å². The van der Waals surface area contributed by atoms with Gasteiger partial charge in [-0.05, 0) is 30.3 Å². The van der Waals surface area contributed by atoms with Crippen LogP contribution in [0.5, 0.6) is 5.75 Å². The van der Waals surface area contributed by atoms with E-state index in [0.717, 1.165) is 5.52 Å². The predicted octanol–water partition coefficient (Wildman–Crippen LogP) is 1.11. The van der Waals surface area contributed by atoms with E-state index in [0.29, 0.717) is 30.4 Å². The van der Waals surface area contributed by atoms with E-state index in [1.165, 1.54) is 23.5 Å². The molecular formula is C22H27N5O6S. The van der Waals surface area contributed by atoms with E-state index < -0.39 is 10.0 Å². The summed E-state index contributed by atoms with van der Waals surface area (Å²) in [6, 6.07) is 11.9. The second-order valence-electron chi connectivity index (χ2n) is 7.59. The van der Waals surface area contributed by atoms with Gasteiger partial charge in [-0.1, -0.05) is 12.1 Å². The summed E-state index contributed by atoms with van der Waals surface area (Å²) in [6.45, 7) is 1.28. The van der Waals surface area contributed by atoms with E-state index in [4.69, 9.17) is 14.6 Å². The topological polar surface area (TPSA) is 135 Å². The van der Waals surface area contributed by atoms with Crippen molar-refractivity contribution in [1.82, 2.24) is 13.9 Å². The van der Waals surface area contributed by atoms with Gasteiger partial charge < -0.3 is 29.8 Å². The number of rotatable bonds is 9. The minimum Gasteiger partial charge on any atom is -0.495 e. The first kappa shape index (κ1) is 24.0. The molecule has 1 saturated heterocycles. The molecule has 3 aromatic rings. The zero-order chi connectivity index (χ0) is 24.1. The van der Waals surface area contributed by atoms with Crippen LogP contribution in [0.15, 0.2) is 47.4 Å². The number of morpholine rings is 1. The Morgan fingerprint density at radius 3 is 2.71 bits per heavy atom. The number of para-hydroxylation sites is 2. The number of methoxy groups -OCH3 is 1. The maximum atomic E-state index is 13.2. The van der Waals surface area contributed by atoms with Crippen LogP contribution in [0.2, 0.25) is 0 Å².